The van der Waals surface area contributed by atoms with Crippen molar-refractivity contribution < 1.29 is 9.90 Å². The minimum atomic E-state index is -0.650. The molecule has 0 radical (unpaired) electrons. The highest BCUT2D eigenvalue weighted by Crippen LogP contribution is 2.43. The highest BCUT2D eigenvalue weighted by molar-refractivity contribution is 5.66. The van der Waals surface area contributed by atoms with E-state index in [1.165, 1.54) is 57.8 Å². The molecule has 0 bridgehead atoms. The fourth-order valence-electron chi connectivity index (χ4n) is 3.67. The molecule has 0 spiro atoms. The van der Waals surface area contributed by atoms with E-state index >= 15 is 0 Å². The molecule has 2 atom stereocenters. The van der Waals surface area contributed by atoms with Crippen LogP contribution in [-0.4, -0.2) is 11.1 Å². The van der Waals surface area contributed by atoms with Gasteiger partial charge in [0.25, 0.3) is 0 Å². The van der Waals surface area contributed by atoms with Gasteiger partial charge in [-0.05, 0) is 36.5 Å². The Balaban J connectivity index is 4.55. The summed E-state index contributed by atoms with van der Waals surface area (Å²) in [6.07, 6.45) is 14.0. The number of carboxylic acids is 1. The van der Waals surface area contributed by atoms with E-state index in [0.29, 0.717) is 23.7 Å². The first kappa shape index (κ1) is 22.5. The summed E-state index contributed by atoms with van der Waals surface area (Å²) in [5, 5.41) is 8.93. The Morgan fingerprint density at radius 1 is 0.870 bits per heavy atom. The molecule has 0 aromatic rings. The number of carbonyl (C=O) groups is 1. The Morgan fingerprint density at radius 3 is 2.00 bits per heavy atom. The number of hydrogen-bond donors (Lipinski definition) is 1. The van der Waals surface area contributed by atoms with Crippen molar-refractivity contribution in [2.75, 3.05) is 0 Å². The first-order valence-electron chi connectivity index (χ1n) is 10.1. The molecule has 0 heterocycles. The molecule has 0 aliphatic carbocycles. The number of carboxylic acid groups (broad SMARTS) is 1. The summed E-state index contributed by atoms with van der Waals surface area (Å²) >= 11 is 0. The Morgan fingerprint density at radius 2 is 1.43 bits per heavy atom. The maximum atomic E-state index is 10.8. The van der Waals surface area contributed by atoms with Crippen molar-refractivity contribution in [2.45, 2.75) is 112 Å². The summed E-state index contributed by atoms with van der Waals surface area (Å²) in [5.41, 5.74) is 0.318. The van der Waals surface area contributed by atoms with E-state index in [9.17, 15) is 4.79 Å². The zero-order valence-corrected chi connectivity index (χ0v) is 16.5. The fourth-order valence-corrected chi connectivity index (χ4v) is 3.67. The molecule has 0 saturated carbocycles. The number of unbranched alkanes of at least 4 members (excludes halogenated alkanes) is 5. The molecular formula is C21H42O2. The monoisotopic (exact) mass is 326 g/mol. The van der Waals surface area contributed by atoms with Gasteiger partial charge in [0, 0.05) is 6.42 Å². The van der Waals surface area contributed by atoms with Crippen molar-refractivity contribution in [3.05, 3.63) is 0 Å². The molecular weight excluding hydrogens is 284 g/mol. The summed E-state index contributed by atoms with van der Waals surface area (Å²) in [7, 11) is 0. The Hall–Kier alpha value is -0.530. The molecule has 0 aromatic carbocycles. The van der Waals surface area contributed by atoms with E-state index in [0.717, 1.165) is 12.8 Å². The van der Waals surface area contributed by atoms with Gasteiger partial charge in [-0.25, -0.2) is 0 Å². The molecule has 23 heavy (non-hydrogen) atoms. The third kappa shape index (κ3) is 10.0. The lowest BCUT2D eigenvalue weighted by molar-refractivity contribution is -0.137. The second-order valence-electron chi connectivity index (χ2n) is 8.05. The zero-order valence-electron chi connectivity index (χ0n) is 16.5. The van der Waals surface area contributed by atoms with E-state index in [4.69, 9.17) is 5.11 Å². The molecule has 0 aromatic heterocycles. The number of rotatable bonds is 15. The lowest BCUT2D eigenvalue weighted by Gasteiger charge is -2.40. The molecule has 2 nitrogen and oxygen atoms in total. The third-order valence-corrected chi connectivity index (χ3v) is 5.91. The van der Waals surface area contributed by atoms with Crippen LogP contribution in [0.4, 0.5) is 0 Å². The van der Waals surface area contributed by atoms with Crippen molar-refractivity contribution in [3.8, 4) is 0 Å². The second kappa shape index (κ2) is 12.8. The lowest BCUT2D eigenvalue weighted by atomic mass is 9.65. The molecule has 0 aliphatic heterocycles. The molecule has 2 heteroatoms. The summed E-state index contributed by atoms with van der Waals surface area (Å²) < 4.78 is 0. The van der Waals surface area contributed by atoms with Crippen molar-refractivity contribution in [1.29, 1.82) is 0 Å². The van der Waals surface area contributed by atoms with Gasteiger partial charge in [0.15, 0.2) is 0 Å². The molecule has 0 saturated heterocycles. The average molecular weight is 327 g/mol. The van der Waals surface area contributed by atoms with Crippen LogP contribution in [0.1, 0.15) is 112 Å². The Bertz CT molecular complexity index is 296. The van der Waals surface area contributed by atoms with Gasteiger partial charge >= 0.3 is 5.97 Å². The third-order valence-electron chi connectivity index (χ3n) is 5.91. The van der Waals surface area contributed by atoms with Gasteiger partial charge in [0.05, 0.1) is 0 Å². The Labute approximate surface area is 145 Å². The molecule has 0 rings (SSSR count). The van der Waals surface area contributed by atoms with Crippen LogP contribution in [-0.2, 0) is 4.79 Å². The normalized spacial score (nSPS) is 14.7. The van der Waals surface area contributed by atoms with Crippen LogP contribution >= 0.6 is 0 Å². The van der Waals surface area contributed by atoms with Gasteiger partial charge in [-0.1, -0.05) is 86.0 Å². The van der Waals surface area contributed by atoms with Crippen molar-refractivity contribution in [1.82, 2.24) is 0 Å². The molecule has 0 amide bonds. The van der Waals surface area contributed by atoms with Crippen molar-refractivity contribution >= 4 is 5.97 Å². The van der Waals surface area contributed by atoms with Crippen LogP contribution in [0.25, 0.3) is 0 Å². The number of aliphatic carboxylic acids is 1. The first-order chi connectivity index (χ1) is 10.9. The predicted octanol–water partition coefficient (Wildman–Crippen LogP) is 7.07. The maximum absolute atomic E-state index is 10.8. The van der Waals surface area contributed by atoms with Crippen LogP contribution in [0.15, 0.2) is 0 Å². The van der Waals surface area contributed by atoms with Crippen molar-refractivity contribution in [2.24, 2.45) is 17.3 Å². The number of hydrogen-bond acceptors (Lipinski definition) is 1. The van der Waals surface area contributed by atoms with Crippen LogP contribution in [0.5, 0.6) is 0 Å². The van der Waals surface area contributed by atoms with E-state index in [1.54, 1.807) is 0 Å². The Kier molecular flexibility index (Phi) is 12.5. The van der Waals surface area contributed by atoms with Crippen LogP contribution in [0.3, 0.4) is 0 Å². The highest BCUT2D eigenvalue weighted by atomic mass is 16.4. The van der Waals surface area contributed by atoms with Gasteiger partial charge in [-0.3, -0.25) is 4.79 Å². The van der Waals surface area contributed by atoms with Crippen LogP contribution < -0.4 is 0 Å². The quantitative estimate of drug-likeness (QED) is 0.327. The summed E-state index contributed by atoms with van der Waals surface area (Å²) in [6, 6.07) is 0. The van der Waals surface area contributed by atoms with Gasteiger partial charge < -0.3 is 5.11 Å². The van der Waals surface area contributed by atoms with Gasteiger partial charge in [-0.15, -0.1) is 0 Å². The van der Waals surface area contributed by atoms with Gasteiger partial charge in [-0.2, -0.15) is 0 Å². The minimum absolute atomic E-state index is 0.318. The second-order valence-corrected chi connectivity index (χ2v) is 8.05. The maximum Gasteiger partial charge on any atom is 0.303 e. The lowest BCUT2D eigenvalue weighted by Crippen LogP contribution is -2.31. The fraction of sp³-hybridized carbons (Fsp3) is 0.952. The smallest absolute Gasteiger partial charge is 0.303 e. The van der Waals surface area contributed by atoms with E-state index in [-0.39, 0.29) is 0 Å². The van der Waals surface area contributed by atoms with Gasteiger partial charge in [0.1, 0.15) is 0 Å². The van der Waals surface area contributed by atoms with E-state index in [1.807, 2.05) is 0 Å². The standard InChI is InChI=1S/C21H42O2/c1-6-8-10-11-12-15-19(16-13-17-20(22)23)21(4,5)18(3)14-9-7-2/h18-19H,6-17H2,1-5H3,(H,22,23). The molecule has 0 fully saturated rings. The van der Waals surface area contributed by atoms with Gasteiger partial charge in [0.2, 0.25) is 0 Å². The summed E-state index contributed by atoms with van der Waals surface area (Å²) in [5.74, 6) is 0.729. The minimum Gasteiger partial charge on any atom is -0.481 e. The predicted molar refractivity (Wildman–Crippen MR) is 101 cm³/mol. The highest BCUT2D eigenvalue weighted by Gasteiger charge is 2.33. The van der Waals surface area contributed by atoms with Crippen molar-refractivity contribution in [3.63, 3.8) is 0 Å². The summed E-state index contributed by atoms with van der Waals surface area (Å²) in [4.78, 5) is 10.8. The molecule has 2 unspecified atom stereocenters. The average Bonchev–Trinajstić information content (AvgIpc) is 2.50. The zero-order chi connectivity index (χ0) is 17.7. The van der Waals surface area contributed by atoms with E-state index in [2.05, 4.69) is 34.6 Å². The van der Waals surface area contributed by atoms with E-state index < -0.39 is 5.97 Å². The van der Waals surface area contributed by atoms with Crippen LogP contribution in [0, 0.1) is 17.3 Å². The molecule has 1 N–H and O–H groups in total. The topological polar surface area (TPSA) is 37.3 Å². The first-order valence-corrected chi connectivity index (χ1v) is 10.1. The van der Waals surface area contributed by atoms with Crippen LogP contribution in [0.2, 0.25) is 0 Å². The SMILES string of the molecule is CCCCCCCC(CCCC(=O)O)C(C)(C)C(C)CCCC. The largest absolute Gasteiger partial charge is 0.481 e. The summed E-state index contributed by atoms with van der Waals surface area (Å²) in [6.45, 7) is 11.8. The molecule has 138 valence electrons. The molecule has 0 aliphatic rings.